The molecule has 0 unspecified atom stereocenters. The molecule has 0 aliphatic carbocycles. The fourth-order valence-electron chi connectivity index (χ4n) is 3.07. The van der Waals surface area contributed by atoms with E-state index >= 15 is 0 Å². The zero-order valence-corrected chi connectivity index (χ0v) is 15.7. The zero-order valence-electron chi connectivity index (χ0n) is 14.9. The summed E-state index contributed by atoms with van der Waals surface area (Å²) in [6.45, 7) is 2.97. The van der Waals surface area contributed by atoms with Gasteiger partial charge < -0.3 is 10.2 Å². The standard InChI is InChI=1S/C19H23N3O3S/c1-14(22-12-11-16-5-3-4-6-18(16)22)19(23)21-17-9-7-15(8-10-17)13-20-26(2,24)25/h3-10,14,20H,11-13H2,1-2H3,(H,21,23)/t14-/m0/s1. The Labute approximate surface area is 154 Å². The first-order chi connectivity index (χ1) is 12.3. The number of sulfonamides is 1. The van der Waals surface area contributed by atoms with E-state index in [0.717, 1.165) is 30.5 Å². The van der Waals surface area contributed by atoms with Crippen molar-refractivity contribution in [2.24, 2.45) is 0 Å². The summed E-state index contributed by atoms with van der Waals surface area (Å²) in [5.74, 6) is -0.0660. The summed E-state index contributed by atoms with van der Waals surface area (Å²) in [4.78, 5) is 14.7. The van der Waals surface area contributed by atoms with Crippen molar-refractivity contribution in [1.82, 2.24) is 4.72 Å². The largest absolute Gasteiger partial charge is 0.359 e. The molecular formula is C19H23N3O3S. The van der Waals surface area contributed by atoms with Crippen molar-refractivity contribution in [2.45, 2.75) is 25.9 Å². The Morgan fingerprint density at radius 2 is 1.85 bits per heavy atom. The van der Waals surface area contributed by atoms with Gasteiger partial charge in [-0.1, -0.05) is 30.3 Å². The number of carbonyl (C=O) groups excluding carboxylic acids is 1. The first-order valence-corrected chi connectivity index (χ1v) is 10.4. The van der Waals surface area contributed by atoms with Crippen molar-refractivity contribution in [1.29, 1.82) is 0 Å². The molecule has 6 nitrogen and oxygen atoms in total. The van der Waals surface area contributed by atoms with Crippen molar-refractivity contribution in [3.63, 3.8) is 0 Å². The van der Waals surface area contributed by atoms with E-state index in [2.05, 4.69) is 27.1 Å². The van der Waals surface area contributed by atoms with Crippen molar-refractivity contribution in [3.05, 3.63) is 59.7 Å². The Morgan fingerprint density at radius 1 is 1.15 bits per heavy atom. The molecule has 0 spiro atoms. The van der Waals surface area contributed by atoms with Crippen molar-refractivity contribution >= 4 is 27.3 Å². The predicted molar refractivity (Wildman–Crippen MR) is 104 cm³/mol. The van der Waals surface area contributed by atoms with E-state index in [1.807, 2.05) is 19.1 Å². The molecular weight excluding hydrogens is 350 g/mol. The number of hydrogen-bond acceptors (Lipinski definition) is 4. The minimum absolute atomic E-state index is 0.0660. The number of nitrogens with one attached hydrogen (secondary N) is 2. The number of fused-ring (bicyclic) bond motifs is 1. The van der Waals surface area contributed by atoms with Gasteiger partial charge in [0.15, 0.2) is 0 Å². The monoisotopic (exact) mass is 373 g/mol. The van der Waals surface area contributed by atoms with Crippen LogP contribution in [-0.4, -0.2) is 33.2 Å². The summed E-state index contributed by atoms with van der Waals surface area (Å²) in [5.41, 5.74) is 3.92. The lowest BCUT2D eigenvalue weighted by Crippen LogP contribution is -2.41. The van der Waals surface area contributed by atoms with E-state index in [9.17, 15) is 13.2 Å². The van der Waals surface area contributed by atoms with Crippen molar-refractivity contribution < 1.29 is 13.2 Å². The third-order valence-electron chi connectivity index (χ3n) is 4.53. The van der Waals surface area contributed by atoms with Gasteiger partial charge in [-0.25, -0.2) is 13.1 Å². The molecule has 138 valence electrons. The van der Waals surface area contributed by atoms with Gasteiger partial charge in [0.1, 0.15) is 6.04 Å². The minimum atomic E-state index is -3.22. The minimum Gasteiger partial charge on any atom is -0.359 e. The Hall–Kier alpha value is -2.38. The molecule has 1 aliphatic heterocycles. The smallest absolute Gasteiger partial charge is 0.246 e. The van der Waals surface area contributed by atoms with Gasteiger partial charge in [-0.15, -0.1) is 0 Å². The number of para-hydroxylation sites is 1. The fourth-order valence-corrected chi connectivity index (χ4v) is 3.50. The Balaban J connectivity index is 1.61. The number of amides is 1. The van der Waals surface area contributed by atoms with E-state index in [4.69, 9.17) is 0 Å². The molecule has 0 saturated carbocycles. The maximum Gasteiger partial charge on any atom is 0.246 e. The van der Waals surface area contributed by atoms with Crippen molar-refractivity contribution in [3.8, 4) is 0 Å². The molecule has 0 aromatic heterocycles. The number of carbonyl (C=O) groups is 1. The molecule has 3 rings (SSSR count). The van der Waals surface area contributed by atoms with Gasteiger partial charge in [0.2, 0.25) is 15.9 Å². The molecule has 2 aromatic rings. The van der Waals surface area contributed by atoms with E-state index in [1.165, 1.54) is 5.56 Å². The summed E-state index contributed by atoms with van der Waals surface area (Å²) in [6.07, 6.45) is 2.08. The van der Waals surface area contributed by atoms with Crippen molar-refractivity contribution in [2.75, 3.05) is 23.0 Å². The third-order valence-corrected chi connectivity index (χ3v) is 5.20. The predicted octanol–water partition coefficient (Wildman–Crippen LogP) is 2.13. The molecule has 1 aliphatic rings. The van der Waals surface area contributed by atoms with Crippen LogP contribution < -0.4 is 14.9 Å². The van der Waals surface area contributed by atoms with Crippen LogP contribution >= 0.6 is 0 Å². The summed E-state index contributed by atoms with van der Waals surface area (Å²) in [6, 6.07) is 15.0. The van der Waals surface area contributed by atoms with Crippen LogP contribution in [0.5, 0.6) is 0 Å². The lowest BCUT2D eigenvalue weighted by Gasteiger charge is -2.26. The molecule has 0 saturated heterocycles. The molecule has 0 fully saturated rings. The Bertz CT molecular complexity index is 895. The van der Waals surface area contributed by atoms with E-state index < -0.39 is 10.0 Å². The van der Waals surface area contributed by atoms with E-state index in [1.54, 1.807) is 24.3 Å². The Morgan fingerprint density at radius 3 is 2.54 bits per heavy atom. The lowest BCUT2D eigenvalue weighted by atomic mass is 10.1. The van der Waals surface area contributed by atoms with Crippen LogP contribution in [0.15, 0.2) is 48.5 Å². The summed E-state index contributed by atoms with van der Waals surface area (Å²) < 4.78 is 24.7. The highest BCUT2D eigenvalue weighted by molar-refractivity contribution is 7.88. The maximum atomic E-state index is 12.6. The zero-order chi connectivity index (χ0) is 18.7. The average Bonchev–Trinajstić information content (AvgIpc) is 3.04. The van der Waals surface area contributed by atoms with Crippen LogP contribution in [-0.2, 0) is 27.8 Å². The summed E-state index contributed by atoms with van der Waals surface area (Å²) >= 11 is 0. The van der Waals surface area contributed by atoms with Gasteiger partial charge in [0, 0.05) is 24.5 Å². The van der Waals surface area contributed by atoms with Crippen LogP contribution in [0.25, 0.3) is 0 Å². The quantitative estimate of drug-likeness (QED) is 0.813. The highest BCUT2D eigenvalue weighted by Gasteiger charge is 2.27. The second kappa shape index (κ2) is 7.47. The molecule has 1 heterocycles. The average molecular weight is 373 g/mol. The summed E-state index contributed by atoms with van der Waals surface area (Å²) in [5, 5.41) is 2.93. The molecule has 0 radical (unpaired) electrons. The topological polar surface area (TPSA) is 78.5 Å². The number of anilines is 2. The van der Waals surface area contributed by atoms with E-state index in [0.29, 0.717) is 5.69 Å². The second-order valence-electron chi connectivity index (χ2n) is 6.53. The number of benzene rings is 2. The normalized spacial score (nSPS) is 14.8. The van der Waals surface area contributed by atoms with Gasteiger partial charge in [-0.2, -0.15) is 0 Å². The number of nitrogens with zero attached hydrogens (tertiary/aromatic N) is 1. The van der Waals surface area contributed by atoms with E-state index in [-0.39, 0.29) is 18.5 Å². The van der Waals surface area contributed by atoms with Crippen LogP contribution in [0.4, 0.5) is 11.4 Å². The first-order valence-electron chi connectivity index (χ1n) is 8.52. The van der Waals surface area contributed by atoms with Gasteiger partial charge in [-0.05, 0) is 42.7 Å². The Kier molecular flexibility index (Phi) is 5.29. The lowest BCUT2D eigenvalue weighted by molar-refractivity contribution is -0.117. The van der Waals surface area contributed by atoms with Crippen LogP contribution in [0.1, 0.15) is 18.1 Å². The van der Waals surface area contributed by atoms with Gasteiger partial charge >= 0.3 is 0 Å². The highest BCUT2D eigenvalue weighted by Crippen LogP contribution is 2.29. The molecule has 0 bridgehead atoms. The molecule has 2 N–H and O–H groups in total. The van der Waals surface area contributed by atoms with Crippen LogP contribution in [0.2, 0.25) is 0 Å². The van der Waals surface area contributed by atoms with Gasteiger partial charge in [0.05, 0.1) is 6.26 Å². The molecule has 2 aromatic carbocycles. The van der Waals surface area contributed by atoms with Gasteiger partial charge in [-0.3, -0.25) is 4.79 Å². The highest BCUT2D eigenvalue weighted by atomic mass is 32.2. The fraction of sp³-hybridized carbons (Fsp3) is 0.316. The molecule has 7 heteroatoms. The first kappa shape index (κ1) is 18.4. The molecule has 1 amide bonds. The number of rotatable bonds is 6. The number of hydrogen-bond donors (Lipinski definition) is 2. The van der Waals surface area contributed by atoms with Crippen LogP contribution in [0, 0.1) is 0 Å². The third kappa shape index (κ3) is 4.42. The summed E-state index contributed by atoms with van der Waals surface area (Å²) in [7, 11) is -3.22. The SMILES string of the molecule is C[C@@H](C(=O)Nc1ccc(CNS(C)(=O)=O)cc1)N1CCc2ccccc21. The van der Waals surface area contributed by atoms with Crippen LogP contribution in [0.3, 0.4) is 0 Å². The molecule has 26 heavy (non-hydrogen) atoms. The molecule has 1 atom stereocenters. The maximum absolute atomic E-state index is 12.6. The van der Waals surface area contributed by atoms with Gasteiger partial charge in [0.25, 0.3) is 0 Å². The second-order valence-corrected chi connectivity index (χ2v) is 8.36.